The van der Waals surface area contributed by atoms with Crippen molar-refractivity contribution in [2.45, 2.75) is 44.4 Å². The van der Waals surface area contributed by atoms with Crippen molar-refractivity contribution >= 4 is 0 Å². The van der Waals surface area contributed by atoms with Crippen LogP contribution in [0.15, 0.2) is 24.3 Å². The van der Waals surface area contributed by atoms with Crippen molar-refractivity contribution in [1.82, 2.24) is 15.2 Å². The first-order valence-corrected chi connectivity index (χ1v) is 6.97. The quantitative estimate of drug-likeness (QED) is 0.915. The smallest absolute Gasteiger partial charge is 0.153 e. The maximum absolute atomic E-state index is 12.8. The first-order valence-electron chi connectivity index (χ1n) is 6.97. The highest BCUT2D eigenvalue weighted by atomic mass is 19.1. The second-order valence-electron chi connectivity index (χ2n) is 5.28. The zero-order chi connectivity index (χ0) is 13.1. The molecule has 100 valence electrons. The molecule has 0 saturated heterocycles. The number of nitrogens with zero attached hydrogens (tertiary/aromatic N) is 2. The molecule has 0 atom stereocenters. The van der Waals surface area contributed by atoms with Crippen molar-refractivity contribution in [1.29, 1.82) is 0 Å². The summed E-state index contributed by atoms with van der Waals surface area (Å²) in [5.74, 6) is 2.14. The fourth-order valence-corrected chi connectivity index (χ4v) is 2.73. The Kier molecular flexibility index (Phi) is 3.58. The molecule has 2 aromatic rings. The first-order chi connectivity index (χ1) is 9.31. The van der Waals surface area contributed by atoms with Gasteiger partial charge in [0.05, 0.1) is 0 Å². The van der Waals surface area contributed by atoms with E-state index in [4.69, 9.17) is 0 Å². The number of aromatic nitrogens is 3. The highest BCUT2D eigenvalue weighted by molar-refractivity contribution is 5.19. The Morgan fingerprint density at radius 2 is 1.84 bits per heavy atom. The van der Waals surface area contributed by atoms with Crippen molar-refractivity contribution in [3.63, 3.8) is 0 Å². The topological polar surface area (TPSA) is 41.6 Å². The highest BCUT2D eigenvalue weighted by Crippen LogP contribution is 2.30. The van der Waals surface area contributed by atoms with Gasteiger partial charge in [-0.15, -0.1) is 0 Å². The molecule has 0 aliphatic heterocycles. The zero-order valence-corrected chi connectivity index (χ0v) is 10.9. The third-order valence-corrected chi connectivity index (χ3v) is 3.80. The van der Waals surface area contributed by atoms with Gasteiger partial charge in [0, 0.05) is 12.3 Å². The van der Waals surface area contributed by atoms with Crippen LogP contribution in [-0.4, -0.2) is 15.2 Å². The average Bonchev–Trinajstić information content (AvgIpc) is 2.91. The molecule has 1 aliphatic rings. The Balaban J connectivity index is 1.68. The Bertz CT molecular complexity index is 527. The van der Waals surface area contributed by atoms with E-state index < -0.39 is 0 Å². The minimum Gasteiger partial charge on any atom is -0.263 e. The lowest BCUT2D eigenvalue weighted by Crippen LogP contribution is -2.06. The van der Waals surface area contributed by atoms with Gasteiger partial charge in [0.1, 0.15) is 11.6 Å². The Morgan fingerprint density at radius 1 is 1.11 bits per heavy atom. The molecule has 0 bridgehead atoms. The summed E-state index contributed by atoms with van der Waals surface area (Å²) in [7, 11) is 0. The first kappa shape index (κ1) is 12.3. The van der Waals surface area contributed by atoms with E-state index in [2.05, 4.69) is 15.2 Å². The van der Waals surface area contributed by atoms with Crippen LogP contribution >= 0.6 is 0 Å². The third kappa shape index (κ3) is 3.00. The van der Waals surface area contributed by atoms with E-state index in [1.54, 1.807) is 12.1 Å². The number of H-pyrrole nitrogens is 1. The summed E-state index contributed by atoms with van der Waals surface area (Å²) in [5, 5.41) is 7.35. The molecule has 1 aliphatic carbocycles. The molecule has 19 heavy (non-hydrogen) atoms. The van der Waals surface area contributed by atoms with Gasteiger partial charge in [0.25, 0.3) is 0 Å². The SMILES string of the molecule is Fc1ccc(Cc2nc(C3CCCCC3)n[nH]2)cc1. The van der Waals surface area contributed by atoms with Crippen LogP contribution in [0.5, 0.6) is 0 Å². The normalized spacial score (nSPS) is 16.7. The summed E-state index contributed by atoms with van der Waals surface area (Å²) in [6.45, 7) is 0. The molecular formula is C15H18FN3. The summed E-state index contributed by atoms with van der Waals surface area (Å²) in [5.41, 5.74) is 1.05. The van der Waals surface area contributed by atoms with Gasteiger partial charge in [-0.2, -0.15) is 5.10 Å². The predicted molar refractivity (Wildman–Crippen MR) is 71.4 cm³/mol. The minimum atomic E-state index is -0.204. The molecule has 0 amide bonds. The van der Waals surface area contributed by atoms with Crippen molar-refractivity contribution < 1.29 is 4.39 Å². The lowest BCUT2D eigenvalue weighted by molar-refractivity contribution is 0.429. The van der Waals surface area contributed by atoms with E-state index in [1.165, 1.54) is 44.2 Å². The second kappa shape index (κ2) is 5.51. The maximum Gasteiger partial charge on any atom is 0.153 e. The van der Waals surface area contributed by atoms with Gasteiger partial charge in [-0.05, 0) is 30.5 Å². The molecular weight excluding hydrogens is 241 g/mol. The predicted octanol–water partition coefficient (Wildman–Crippen LogP) is 3.58. The lowest BCUT2D eigenvalue weighted by Gasteiger charge is -2.17. The molecule has 1 fully saturated rings. The molecule has 0 unspecified atom stereocenters. The number of nitrogens with one attached hydrogen (secondary N) is 1. The number of hydrogen-bond donors (Lipinski definition) is 1. The minimum absolute atomic E-state index is 0.204. The van der Waals surface area contributed by atoms with Gasteiger partial charge in [0.15, 0.2) is 5.82 Å². The number of rotatable bonds is 3. The van der Waals surface area contributed by atoms with Crippen LogP contribution in [0.3, 0.4) is 0 Å². The molecule has 0 radical (unpaired) electrons. The summed E-state index contributed by atoms with van der Waals surface area (Å²) < 4.78 is 12.8. The van der Waals surface area contributed by atoms with E-state index in [0.29, 0.717) is 12.3 Å². The second-order valence-corrected chi connectivity index (χ2v) is 5.28. The van der Waals surface area contributed by atoms with Crippen molar-refractivity contribution in [2.75, 3.05) is 0 Å². The molecule has 1 aromatic carbocycles. The molecule has 3 nitrogen and oxygen atoms in total. The Hall–Kier alpha value is -1.71. The molecule has 3 rings (SSSR count). The average molecular weight is 259 g/mol. The Morgan fingerprint density at radius 3 is 2.58 bits per heavy atom. The molecule has 4 heteroatoms. The summed E-state index contributed by atoms with van der Waals surface area (Å²) in [4.78, 5) is 4.59. The zero-order valence-electron chi connectivity index (χ0n) is 10.9. The molecule has 1 aromatic heterocycles. The van der Waals surface area contributed by atoms with E-state index in [0.717, 1.165) is 17.2 Å². The fraction of sp³-hybridized carbons (Fsp3) is 0.467. The van der Waals surface area contributed by atoms with Gasteiger partial charge in [-0.1, -0.05) is 31.4 Å². The van der Waals surface area contributed by atoms with Crippen LogP contribution in [0.2, 0.25) is 0 Å². The van der Waals surface area contributed by atoms with E-state index in [-0.39, 0.29) is 5.82 Å². The van der Waals surface area contributed by atoms with Crippen LogP contribution in [0.1, 0.15) is 55.2 Å². The summed E-state index contributed by atoms with van der Waals surface area (Å²) >= 11 is 0. The molecule has 1 heterocycles. The number of halogens is 1. The van der Waals surface area contributed by atoms with Gasteiger partial charge in [-0.3, -0.25) is 5.10 Å². The van der Waals surface area contributed by atoms with Crippen molar-refractivity contribution in [3.8, 4) is 0 Å². The third-order valence-electron chi connectivity index (χ3n) is 3.80. The van der Waals surface area contributed by atoms with Crippen molar-refractivity contribution in [2.24, 2.45) is 0 Å². The van der Waals surface area contributed by atoms with Crippen LogP contribution in [0.25, 0.3) is 0 Å². The van der Waals surface area contributed by atoms with E-state index in [1.807, 2.05) is 0 Å². The van der Waals surface area contributed by atoms with E-state index in [9.17, 15) is 4.39 Å². The fourth-order valence-electron chi connectivity index (χ4n) is 2.73. The van der Waals surface area contributed by atoms with E-state index >= 15 is 0 Å². The molecule has 1 saturated carbocycles. The van der Waals surface area contributed by atoms with Crippen LogP contribution in [-0.2, 0) is 6.42 Å². The van der Waals surface area contributed by atoms with Crippen molar-refractivity contribution in [3.05, 3.63) is 47.3 Å². The highest BCUT2D eigenvalue weighted by Gasteiger charge is 2.19. The monoisotopic (exact) mass is 259 g/mol. The van der Waals surface area contributed by atoms with Crippen LogP contribution < -0.4 is 0 Å². The number of benzene rings is 1. The van der Waals surface area contributed by atoms with Gasteiger partial charge >= 0.3 is 0 Å². The van der Waals surface area contributed by atoms with Gasteiger partial charge in [-0.25, -0.2) is 9.37 Å². The number of aromatic amines is 1. The summed E-state index contributed by atoms with van der Waals surface area (Å²) in [6, 6.07) is 6.54. The number of hydrogen-bond acceptors (Lipinski definition) is 2. The molecule has 1 N–H and O–H groups in total. The standard InChI is InChI=1S/C15H18FN3/c16-13-8-6-11(7-9-13)10-14-17-15(19-18-14)12-4-2-1-3-5-12/h6-9,12H,1-5,10H2,(H,17,18,19). The molecule has 0 spiro atoms. The Labute approximate surface area is 112 Å². The summed E-state index contributed by atoms with van der Waals surface area (Å²) in [6.07, 6.45) is 6.99. The van der Waals surface area contributed by atoms with Gasteiger partial charge < -0.3 is 0 Å². The lowest BCUT2D eigenvalue weighted by atomic mass is 9.89. The van der Waals surface area contributed by atoms with Crippen LogP contribution in [0.4, 0.5) is 4.39 Å². The largest absolute Gasteiger partial charge is 0.263 e. The van der Waals surface area contributed by atoms with Gasteiger partial charge in [0.2, 0.25) is 0 Å². The maximum atomic E-state index is 12.8. The van der Waals surface area contributed by atoms with Crippen LogP contribution in [0, 0.1) is 5.82 Å².